The summed E-state index contributed by atoms with van der Waals surface area (Å²) in [6.07, 6.45) is 5.03. The van der Waals surface area contributed by atoms with Gasteiger partial charge in [0.25, 0.3) is 5.91 Å². The number of likely N-dealkylation sites (tertiary alicyclic amines) is 1. The molecule has 1 aromatic carbocycles. The minimum absolute atomic E-state index is 0.0346. The van der Waals surface area contributed by atoms with Crippen molar-refractivity contribution in [3.63, 3.8) is 0 Å². The summed E-state index contributed by atoms with van der Waals surface area (Å²) in [5.41, 5.74) is 9.54. The number of piperidine rings is 1. The standard InChI is InChI=1S/C31H38N6O3/c1-5-35-24(12-19-7-6-10-33-28(19)35)29-34-22-11-21(30(38)36-17-20-8-9-23(36)26(20)32)13-25(39-3)27(22)37(29)16-18-14-31(2,15-18)40-4/h6-7,10-13,18,20,23,26H,5,8-9,14-17,32H2,1-4H3/t18-,20-,23-,26-,31+/m1/s1/i4D3. The van der Waals surface area contributed by atoms with Gasteiger partial charge in [0.15, 0.2) is 5.82 Å². The van der Waals surface area contributed by atoms with Crippen LogP contribution in [0.3, 0.4) is 0 Å². The number of carbonyl (C=O) groups is 1. The van der Waals surface area contributed by atoms with E-state index < -0.39 is 12.6 Å². The van der Waals surface area contributed by atoms with Crippen LogP contribution < -0.4 is 10.5 Å². The van der Waals surface area contributed by atoms with Crippen molar-refractivity contribution in [2.24, 2.45) is 17.6 Å². The van der Waals surface area contributed by atoms with Crippen molar-refractivity contribution in [1.29, 1.82) is 0 Å². The number of nitrogens with two attached hydrogens (primary N) is 1. The molecule has 3 atom stereocenters. The van der Waals surface area contributed by atoms with Crippen LogP contribution >= 0.6 is 0 Å². The highest BCUT2D eigenvalue weighted by atomic mass is 16.5. The zero-order chi connectivity index (χ0) is 30.3. The normalized spacial score (nSPS) is 29.0. The smallest absolute Gasteiger partial charge is 0.254 e. The number of fused-ring (bicyclic) bond motifs is 4. The molecule has 0 spiro atoms. The maximum absolute atomic E-state index is 13.8. The first-order valence-corrected chi connectivity index (χ1v) is 14.3. The Morgan fingerprint density at radius 3 is 2.80 bits per heavy atom. The van der Waals surface area contributed by atoms with Crippen molar-refractivity contribution in [1.82, 2.24) is 24.0 Å². The van der Waals surface area contributed by atoms with Crippen LogP contribution in [0.25, 0.3) is 33.6 Å². The predicted octanol–water partition coefficient (Wildman–Crippen LogP) is 4.46. The first-order chi connectivity index (χ1) is 20.5. The van der Waals surface area contributed by atoms with E-state index in [9.17, 15) is 4.79 Å². The Morgan fingerprint density at radius 1 is 1.25 bits per heavy atom. The Kier molecular flexibility index (Phi) is 5.19. The molecule has 3 aliphatic rings. The van der Waals surface area contributed by atoms with Gasteiger partial charge in [-0.2, -0.15) is 0 Å². The molecule has 0 radical (unpaired) electrons. The molecule has 2 bridgehead atoms. The molecular weight excluding hydrogens is 504 g/mol. The van der Waals surface area contributed by atoms with Gasteiger partial charge in [0.2, 0.25) is 0 Å². The number of aromatic nitrogens is 4. The predicted molar refractivity (Wildman–Crippen MR) is 154 cm³/mol. The third-order valence-electron chi connectivity index (χ3n) is 9.52. The van der Waals surface area contributed by atoms with Gasteiger partial charge in [0.1, 0.15) is 16.9 Å². The summed E-state index contributed by atoms with van der Waals surface area (Å²) in [5.74, 6) is 1.82. The zero-order valence-corrected chi connectivity index (χ0v) is 23.3. The number of imidazole rings is 1. The molecule has 9 heteroatoms. The highest BCUT2D eigenvalue weighted by Crippen LogP contribution is 2.44. The van der Waals surface area contributed by atoms with Gasteiger partial charge >= 0.3 is 0 Å². The molecule has 9 nitrogen and oxygen atoms in total. The molecule has 0 unspecified atom stereocenters. The van der Waals surface area contributed by atoms with Crippen LogP contribution in [0.15, 0.2) is 36.5 Å². The number of nitrogens with zero attached hydrogens (tertiary/aromatic N) is 5. The van der Waals surface area contributed by atoms with Gasteiger partial charge in [-0.3, -0.25) is 4.79 Å². The van der Waals surface area contributed by atoms with Gasteiger partial charge in [-0.25, -0.2) is 9.97 Å². The number of hydrogen-bond donors (Lipinski definition) is 1. The van der Waals surface area contributed by atoms with E-state index in [1.54, 1.807) is 13.3 Å². The van der Waals surface area contributed by atoms with Crippen LogP contribution in [0.4, 0.5) is 0 Å². The molecular formula is C31H38N6O3. The van der Waals surface area contributed by atoms with Crippen molar-refractivity contribution in [3.8, 4) is 17.3 Å². The van der Waals surface area contributed by atoms with E-state index in [0.717, 1.165) is 40.9 Å². The lowest BCUT2D eigenvalue weighted by atomic mass is 9.72. The van der Waals surface area contributed by atoms with E-state index >= 15 is 0 Å². The summed E-state index contributed by atoms with van der Waals surface area (Å²) in [5, 5.41) is 1.02. The number of hydrogen-bond acceptors (Lipinski definition) is 6. The minimum Gasteiger partial charge on any atom is -0.494 e. The van der Waals surface area contributed by atoms with Crippen LogP contribution in [0.5, 0.6) is 5.75 Å². The van der Waals surface area contributed by atoms with E-state index in [1.165, 1.54) is 0 Å². The van der Waals surface area contributed by atoms with E-state index in [-0.39, 0.29) is 23.9 Å². The lowest BCUT2D eigenvalue weighted by molar-refractivity contribution is -0.0937. The molecule has 3 fully saturated rings. The average Bonchev–Trinajstić information content (AvgIpc) is 3.69. The summed E-state index contributed by atoms with van der Waals surface area (Å²) < 4.78 is 38.4. The second kappa shape index (κ2) is 9.31. The largest absolute Gasteiger partial charge is 0.494 e. The Bertz CT molecular complexity index is 1720. The van der Waals surface area contributed by atoms with Gasteiger partial charge in [0.05, 0.1) is 28.0 Å². The van der Waals surface area contributed by atoms with Crippen molar-refractivity contribution in [2.45, 2.75) is 70.3 Å². The van der Waals surface area contributed by atoms with Gasteiger partial charge in [-0.15, -0.1) is 0 Å². The summed E-state index contributed by atoms with van der Waals surface area (Å²) in [6.45, 7) is 5.93. The third-order valence-corrected chi connectivity index (χ3v) is 9.52. The van der Waals surface area contributed by atoms with Gasteiger partial charge in [-0.05, 0) is 81.7 Å². The van der Waals surface area contributed by atoms with Gasteiger partial charge in [-0.1, -0.05) is 0 Å². The molecule has 3 aromatic heterocycles. The Morgan fingerprint density at radius 2 is 2.10 bits per heavy atom. The Balaban J connectivity index is 1.33. The topological polar surface area (TPSA) is 100 Å². The molecule has 2 N–H and O–H groups in total. The van der Waals surface area contributed by atoms with Crippen molar-refractivity contribution >= 4 is 28.0 Å². The number of benzene rings is 1. The second-order valence-electron chi connectivity index (χ2n) is 12.0. The van der Waals surface area contributed by atoms with Crippen molar-refractivity contribution < 1.29 is 18.4 Å². The molecule has 2 saturated carbocycles. The fourth-order valence-corrected chi connectivity index (χ4v) is 7.55. The molecule has 1 amide bonds. The molecule has 1 saturated heterocycles. The van der Waals surface area contributed by atoms with Crippen molar-refractivity contribution in [2.75, 3.05) is 20.7 Å². The number of carbonyl (C=O) groups excluding carboxylic acids is 1. The first kappa shape index (κ1) is 22.3. The minimum atomic E-state index is -2.44. The lowest BCUT2D eigenvalue weighted by Crippen LogP contribution is -2.44. The quantitative estimate of drug-likeness (QED) is 0.368. The fourth-order valence-electron chi connectivity index (χ4n) is 7.55. The monoisotopic (exact) mass is 545 g/mol. The average molecular weight is 546 g/mol. The molecule has 210 valence electrons. The van der Waals surface area contributed by atoms with E-state index in [0.29, 0.717) is 55.2 Å². The Labute approximate surface area is 238 Å². The number of methoxy groups -OCH3 is 2. The van der Waals surface area contributed by atoms with Crippen LogP contribution in [0.2, 0.25) is 0 Å². The molecule has 40 heavy (non-hydrogen) atoms. The third kappa shape index (κ3) is 3.78. The van der Waals surface area contributed by atoms with Gasteiger partial charge in [0, 0.05) is 55.9 Å². The van der Waals surface area contributed by atoms with Crippen LogP contribution in [0.1, 0.15) is 54.0 Å². The second-order valence-corrected chi connectivity index (χ2v) is 12.0. The Hall–Kier alpha value is -3.43. The van der Waals surface area contributed by atoms with Crippen molar-refractivity contribution in [3.05, 3.63) is 42.1 Å². The zero-order valence-electron chi connectivity index (χ0n) is 26.3. The number of ether oxygens (including phenoxy) is 2. The number of pyridine rings is 1. The lowest BCUT2D eigenvalue weighted by Gasteiger charge is -2.44. The first-order valence-electron chi connectivity index (χ1n) is 15.8. The van der Waals surface area contributed by atoms with E-state index in [4.69, 9.17) is 24.3 Å². The molecule has 7 rings (SSSR count). The molecule has 4 aromatic rings. The van der Waals surface area contributed by atoms with Crippen LogP contribution in [-0.2, 0) is 17.8 Å². The summed E-state index contributed by atoms with van der Waals surface area (Å²) >= 11 is 0. The maximum Gasteiger partial charge on any atom is 0.254 e. The number of aryl methyl sites for hydroxylation is 1. The molecule has 1 aliphatic heterocycles. The van der Waals surface area contributed by atoms with Crippen LogP contribution in [0, 0.1) is 11.8 Å². The number of rotatable bonds is 7. The highest BCUT2D eigenvalue weighted by molar-refractivity contribution is 6.00. The van der Waals surface area contributed by atoms with Crippen LogP contribution in [-0.4, -0.2) is 68.3 Å². The van der Waals surface area contributed by atoms with Gasteiger partial charge < -0.3 is 29.2 Å². The number of amides is 1. The summed E-state index contributed by atoms with van der Waals surface area (Å²) in [4.78, 5) is 25.5. The van der Waals surface area contributed by atoms with E-state index in [1.807, 2.05) is 36.1 Å². The SMILES string of the molecule is [2H]C([2H])([2H])O[C@]1(C)C[C@H](Cn2c(-c3cc4cccnc4n3CC)nc3cc(C(=O)N4C[C@H]5CC[C@@H]4[C@@H]5N)cc(OC)c32)C1. The molecule has 2 aliphatic carbocycles. The van der Waals surface area contributed by atoms with E-state index in [2.05, 4.69) is 27.1 Å². The maximum atomic E-state index is 13.8. The molecule has 4 heterocycles. The summed E-state index contributed by atoms with van der Waals surface area (Å²) in [7, 11) is -0.822. The summed E-state index contributed by atoms with van der Waals surface area (Å²) in [6, 6.07) is 9.87. The fraction of sp³-hybridized carbons (Fsp3) is 0.516. The highest BCUT2D eigenvalue weighted by Gasteiger charge is 2.47.